The fourth-order valence-corrected chi connectivity index (χ4v) is 1.80. The summed E-state index contributed by atoms with van der Waals surface area (Å²) in [5.41, 5.74) is 0.186. The van der Waals surface area contributed by atoms with Crippen LogP contribution in [0.1, 0.15) is 38.3 Å². The number of nitro groups is 1. The molecule has 0 heterocycles. The number of aryl methyl sites for hydroxylation is 2. The van der Waals surface area contributed by atoms with Crippen molar-refractivity contribution in [2.75, 3.05) is 6.61 Å². The molecule has 23 heavy (non-hydrogen) atoms. The summed E-state index contributed by atoms with van der Waals surface area (Å²) < 4.78 is 10.1. The number of nitrogens with zero attached hydrogens (tertiary/aromatic N) is 1. The molecule has 0 spiro atoms. The van der Waals surface area contributed by atoms with Crippen LogP contribution in [-0.2, 0) is 14.3 Å². The molecule has 0 atom stereocenters. The summed E-state index contributed by atoms with van der Waals surface area (Å²) in [4.78, 5) is 33.9. The van der Waals surface area contributed by atoms with Crippen LogP contribution in [0.5, 0.6) is 5.75 Å². The molecule has 0 radical (unpaired) electrons. The Balaban J connectivity index is 2.76. The summed E-state index contributed by atoms with van der Waals surface area (Å²) in [5, 5.41) is 10.8. The molecule has 1 rings (SSSR count). The lowest BCUT2D eigenvalue weighted by Gasteiger charge is -2.20. The van der Waals surface area contributed by atoms with Gasteiger partial charge in [-0.15, -0.1) is 0 Å². The van der Waals surface area contributed by atoms with Gasteiger partial charge in [0.2, 0.25) is 0 Å². The van der Waals surface area contributed by atoms with E-state index in [0.717, 1.165) is 0 Å². The molecule has 0 saturated carbocycles. The molecule has 7 nitrogen and oxygen atoms in total. The maximum atomic E-state index is 11.8. The van der Waals surface area contributed by atoms with Gasteiger partial charge in [-0.25, -0.2) is 4.79 Å². The monoisotopic (exact) mass is 323 g/mol. The lowest BCUT2D eigenvalue weighted by Crippen LogP contribution is -2.29. The Kier molecular flexibility index (Phi) is 5.84. The minimum atomic E-state index is -0.731. The van der Waals surface area contributed by atoms with Crippen LogP contribution in [0.4, 0.5) is 5.69 Å². The van der Waals surface area contributed by atoms with Crippen molar-refractivity contribution in [3.63, 3.8) is 0 Å². The molecule has 126 valence electrons. The van der Waals surface area contributed by atoms with Gasteiger partial charge >= 0.3 is 11.9 Å². The van der Waals surface area contributed by atoms with Crippen molar-refractivity contribution < 1.29 is 24.0 Å². The first-order chi connectivity index (χ1) is 10.6. The molecular weight excluding hydrogens is 302 g/mol. The number of ether oxygens (including phenoxy) is 2. The van der Waals surface area contributed by atoms with E-state index in [1.165, 1.54) is 12.1 Å². The Morgan fingerprint density at radius 3 is 2.17 bits per heavy atom. The van der Waals surface area contributed by atoms with Crippen molar-refractivity contribution in [3.8, 4) is 5.75 Å². The molecule has 0 aliphatic rings. The predicted molar refractivity (Wildman–Crippen MR) is 83.2 cm³/mol. The first kappa shape index (κ1) is 18.6. The highest BCUT2D eigenvalue weighted by Crippen LogP contribution is 2.28. The van der Waals surface area contributed by atoms with E-state index in [1.807, 2.05) is 6.92 Å². The van der Waals surface area contributed by atoms with Crippen molar-refractivity contribution in [2.24, 2.45) is 5.41 Å². The first-order valence-electron chi connectivity index (χ1n) is 7.22. The minimum Gasteiger partial charge on any atom is -0.453 e. The molecule has 7 heteroatoms. The van der Waals surface area contributed by atoms with E-state index in [0.29, 0.717) is 17.5 Å². The SMILES string of the molecule is CCC(C)(C)C(=O)OCC(=O)Oc1c(C)cc([N+](=O)[O-])cc1C. The van der Waals surface area contributed by atoms with Gasteiger partial charge in [-0.05, 0) is 45.2 Å². The molecule has 0 amide bonds. The van der Waals surface area contributed by atoms with Crippen LogP contribution in [-0.4, -0.2) is 23.5 Å². The molecule has 1 aromatic rings. The third kappa shape index (κ3) is 4.77. The summed E-state index contributed by atoms with van der Waals surface area (Å²) in [6.07, 6.45) is 0.585. The normalized spacial score (nSPS) is 11.0. The largest absolute Gasteiger partial charge is 0.453 e. The average molecular weight is 323 g/mol. The first-order valence-corrected chi connectivity index (χ1v) is 7.22. The Labute approximate surface area is 134 Å². The van der Waals surface area contributed by atoms with Gasteiger partial charge in [-0.3, -0.25) is 14.9 Å². The molecule has 1 aromatic carbocycles. The number of benzene rings is 1. The van der Waals surface area contributed by atoms with E-state index >= 15 is 0 Å². The number of non-ortho nitro benzene ring substituents is 1. The van der Waals surface area contributed by atoms with Gasteiger partial charge in [0.25, 0.3) is 5.69 Å². The molecule has 0 fully saturated rings. The van der Waals surface area contributed by atoms with Gasteiger partial charge in [0.05, 0.1) is 10.3 Å². The van der Waals surface area contributed by atoms with Crippen molar-refractivity contribution in [2.45, 2.75) is 41.0 Å². The molecule has 0 aliphatic carbocycles. The number of rotatable bonds is 6. The Bertz CT molecular complexity index is 612. The quantitative estimate of drug-likeness (QED) is 0.345. The summed E-state index contributed by atoms with van der Waals surface area (Å²) in [6.45, 7) is 8.02. The van der Waals surface area contributed by atoms with Gasteiger partial charge in [0, 0.05) is 12.1 Å². The number of esters is 2. The summed E-state index contributed by atoms with van der Waals surface area (Å²) in [5.74, 6) is -0.967. The van der Waals surface area contributed by atoms with E-state index in [1.54, 1.807) is 27.7 Å². The predicted octanol–water partition coefficient (Wildman–Crippen LogP) is 3.10. The zero-order valence-electron chi connectivity index (χ0n) is 14.0. The Morgan fingerprint density at radius 1 is 1.22 bits per heavy atom. The van der Waals surface area contributed by atoms with Crippen LogP contribution in [0, 0.1) is 29.4 Å². The van der Waals surface area contributed by atoms with Gasteiger partial charge in [-0.1, -0.05) is 6.92 Å². The summed E-state index contributed by atoms with van der Waals surface area (Å²) in [7, 11) is 0. The van der Waals surface area contributed by atoms with Crippen molar-refractivity contribution in [1.82, 2.24) is 0 Å². The van der Waals surface area contributed by atoms with Gasteiger partial charge in [-0.2, -0.15) is 0 Å². The Morgan fingerprint density at radius 2 is 1.74 bits per heavy atom. The molecule has 0 bridgehead atoms. The molecule has 0 aliphatic heterocycles. The van der Waals surface area contributed by atoms with Crippen LogP contribution >= 0.6 is 0 Å². The molecule has 0 N–H and O–H groups in total. The van der Waals surface area contributed by atoms with E-state index in [2.05, 4.69) is 0 Å². The molecule has 0 aromatic heterocycles. The van der Waals surface area contributed by atoms with Crippen molar-refractivity contribution in [3.05, 3.63) is 33.4 Å². The summed E-state index contributed by atoms with van der Waals surface area (Å²) >= 11 is 0. The fraction of sp³-hybridized carbons (Fsp3) is 0.500. The molecule has 0 unspecified atom stereocenters. The average Bonchev–Trinajstić information content (AvgIpc) is 2.47. The maximum Gasteiger partial charge on any atom is 0.349 e. The number of hydrogen-bond donors (Lipinski definition) is 0. The van der Waals surface area contributed by atoms with E-state index in [-0.39, 0.29) is 11.4 Å². The van der Waals surface area contributed by atoms with Crippen LogP contribution < -0.4 is 4.74 Å². The molecule has 0 saturated heterocycles. The van der Waals surface area contributed by atoms with Crippen LogP contribution in [0.25, 0.3) is 0 Å². The zero-order chi connectivity index (χ0) is 17.8. The van der Waals surface area contributed by atoms with E-state index < -0.39 is 28.9 Å². The number of carbonyl (C=O) groups excluding carboxylic acids is 2. The number of carbonyl (C=O) groups is 2. The van der Waals surface area contributed by atoms with Crippen LogP contribution in [0.15, 0.2) is 12.1 Å². The highest BCUT2D eigenvalue weighted by molar-refractivity contribution is 5.81. The third-order valence-corrected chi connectivity index (χ3v) is 3.63. The highest BCUT2D eigenvalue weighted by Gasteiger charge is 2.28. The smallest absolute Gasteiger partial charge is 0.349 e. The Hall–Kier alpha value is -2.44. The number of hydrogen-bond acceptors (Lipinski definition) is 6. The fourth-order valence-electron chi connectivity index (χ4n) is 1.80. The minimum absolute atomic E-state index is 0.0732. The van der Waals surface area contributed by atoms with Gasteiger partial charge in [0.1, 0.15) is 5.75 Å². The topological polar surface area (TPSA) is 95.7 Å². The van der Waals surface area contributed by atoms with E-state index in [4.69, 9.17) is 9.47 Å². The molecular formula is C16H21NO6. The van der Waals surface area contributed by atoms with Crippen LogP contribution in [0.2, 0.25) is 0 Å². The second-order valence-electron chi connectivity index (χ2n) is 5.95. The van der Waals surface area contributed by atoms with E-state index in [9.17, 15) is 19.7 Å². The zero-order valence-corrected chi connectivity index (χ0v) is 14.0. The number of nitro benzene ring substituents is 1. The second-order valence-corrected chi connectivity index (χ2v) is 5.95. The van der Waals surface area contributed by atoms with Gasteiger partial charge in [0.15, 0.2) is 6.61 Å². The maximum absolute atomic E-state index is 11.8. The van der Waals surface area contributed by atoms with Gasteiger partial charge < -0.3 is 9.47 Å². The lowest BCUT2D eigenvalue weighted by atomic mass is 9.91. The van der Waals surface area contributed by atoms with Crippen LogP contribution in [0.3, 0.4) is 0 Å². The standard InChI is InChI=1S/C16H21NO6/c1-6-16(4,5)15(19)22-9-13(18)23-14-10(2)7-12(17(20)21)8-11(14)3/h7-8H,6,9H2,1-5H3. The second kappa shape index (κ2) is 7.21. The summed E-state index contributed by atoms with van der Waals surface area (Å²) in [6, 6.07) is 2.64. The highest BCUT2D eigenvalue weighted by atomic mass is 16.6. The van der Waals surface area contributed by atoms with Crippen molar-refractivity contribution >= 4 is 17.6 Å². The van der Waals surface area contributed by atoms with Crippen molar-refractivity contribution in [1.29, 1.82) is 0 Å². The lowest BCUT2D eigenvalue weighted by molar-refractivity contribution is -0.385. The third-order valence-electron chi connectivity index (χ3n) is 3.63.